The van der Waals surface area contributed by atoms with Gasteiger partial charge in [-0.15, -0.1) is 0 Å². The van der Waals surface area contributed by atoms with Crippen LogP contribution >= 0.6 is 0 Å². The van der Waals surface area contributed by atoms with Crippen molar-refractivity contribution in [3.05, 3.63) is 35.4 Å². The van der Waals surface area contributed by atoms with Gasteiger partial charge in [0.05, 0.1) is 0 Å². The molecule has 1 N–H and O–H groups in total. The van der Waals surface area contributed by atoms with Crippen molar-refractivity contribution in [1.82, 2.24) is 10.2 Å². The molecule has 0 spiro atoms. The number of nitrogens with zero attached hydrogens (tertiary/aromatic N) is 1. The van der Waals surface area contributed by atoms with Crippen LogP contribution in [0.15, 0.2) is 24.3 Å². The number of piperidine rings is 1. The van der Waals surface area contributed by atoms with Gasteiger partial charge in [-0.3, -0.25) is 4.79 Å². The van der Waals surface area contributed by atoms with Crippen molar-refractivity contribution >= 4 is 5.91 Å². The number of aryl methyl sites for hydroxylation is 1. The number of hydrogen-bond donors (Lipinski definition) is 1. The van der Waals surface area contributed by atoms with Gasteiger partial charge >= 0.3 is 0 Å². The number of hydrogen-bond acceptors (Lipinski definition) is 2. The van der Waals surface area contributed by atoms with Crippen molar-refractivity contribution in [2.24, 2.45) is 5.92 Å². The summed E-state index contributed by atoms with van der Waals surface area (Å²) in [7, 11) is 0. The molecule has 0 atom stereocenters. The number of benzene rings is 1. The highest BCUT2D eigenvalue weighted by Crippen LogP contribution is 2.31. The van der Waals surface area contributed by atoms with Crippen molar-refractivity contribution < 1.29 is 4.79 Å². The molecule has 1 amide bonds. The Morgan fingerprint density at radius 2 is 1.71 bits per heavy atom. The first-order chi connectivity index (χ1) is 10.3. The van der Waals surface area contributed by atoms with E-state index in [2.05, 4.69) is 41.4 Å². The molecular weight excluding hydrogens is 260 g/mol. The summed E-state index contributed by atoms with van der Waals surface area (Å²) in [5.41, 5.74) is 2.74. The van der Waals surface area contributed by atoms with E-state index in [-0.39, 0.29) is 0 Å². The molecular formula is C18H26N2O. The van der Waals surface area contributed by atoms with Crippen LogP contribution in [-0.2, 0) is 17.8 Å². The van der Waals surface area contributed by atoms with Crippen LogP contribution in [0.2, 0.25) is 0 Å². The molecule has 1 aromatic carbocycles. The lowest BCUT2D eigenvalue weighted by Crippen LogP contribution is -2.45. The fraction of sp³-hybridized carbons (Fsp3) is 0.611. The van der Waals surface area contributed by atoms with Crippen molar-refractivity contribution in [2.75, 3.05) is 13.1 Å². The number of likely N-dealkylation sites (tertiary alicyclic amines) is 1. The minimum absolute atomic E-state index is 0.367. The zero-order valence-corrected chi connectivity index (χ0v) is 13.0. The van der Waals surface area contributed by atoms with Gasteiger partial charge in [0.1, 0.15) is 0 Å². The van der Waals surface area contributed by atoms with E-state index >= 15 is 0 Å². The molecule has 3 heteroatoms. The van der Waals surface area contributed by atoms with Gasteiger partial charge in [-0.2, -0.15) is 0 Å². The monoisotopic (exact) mass is 286 g/mol. The number of carbonyl (C=O) groups excluding carboxylic acids is 1. The van der Waals surface area contributed by atoms with Crippen molar-refractivity contribution in [3.8, 4) is 0 Å². The van der Waals surface area contributed by atoms with Crippen LogP contribution in [0.4, 0.5) is 0 Å². The zero-order chi connectivity index (χ0) is 14.7. The zero-order valence-electron chi connectivity index (χ0n) is 13.0. The van der Waals surface area contributed by atoms with Gasteiger partial charge in [0, 0.05) is 31.6 Å². The Balaban J connectivity index is 1.41. The van der Waals surface area contributed by atoms with Gasteiger partial charge in [-0.1, -0.05) is 31.2 Å². The first kappa shape index (κ1) is 14.6. The number of rotatable bonds is 5. The number of amides is 1. The van der Waals surface area contributed by atoms with Gasteiger partial charge in [0.15, 0.2) is 0 Å². The smallest absolute Gasteiger partial charge is 0.225 e. The predicted octanol–water partition coefficient (Wildman–Crippen LogP) is 2.74. The highest BCUT2D eigenvalue weighted by molar-refractivity contribution is 5.81. The van der Waals surface area contributed by atoms with Crippen molar-refractivity contribution in [1.29, 1.82) is 0 Å². The molecule has 3 nitrogen and oxygen atoms in total. The van der Waals surface area contributed by atoms with E-state index in [0.717, 1.165) is 51.7 Å². The molecule has 21 heavy (non-hydrogen) atoms. The Labute approximate surface area is 127 Å². The third-order valence-electron chi connectivity index (χ3n) is 4.76. The van der Waals surface area contributed by atoms with Gasteiger partial charge in [-0.05, 0) is 43.2 Å². The molecule has 3 rings (SSSR count). The summed E-state index contributed by atoms with van der Waals surface area (Å²) < 4.78 is 0. The van der Waals surface area contributed by atoms with Gasteiger partial charge < -0.3 is 10.2 Å². The maximum Gasteiger partial charge on any atom is 0.225 e. The van der Waals surface area contributed by atoms with E-state index in [4.69, 9.17) is 0 Å². The Hall–Kier alpha value is -1.35. The first-order valence-electron chi connectivity index (χ1n) is 8.36. The van der Waals surface area contributed by atoms with E-state index < -0.39 is 0 Å². The van der Waals surface area contributed by atoms with Crippen LogP contribution in [0.1, 0.15) is 43.7 Å². The number of nitrogens with one attached hydrogen (secondary N) is 1. The standard InChI is InChI=1S/C18H26N2O/c1-2-14-3-5-15(6-4-14)13-19-17-9-11-20(12-10-17)18(21)16-7-8-16/h3-6,16-17,19H,2,7-13H2,1H3. The second kappa shape index (κ2) is 6.61. The summed E-state index contributed by atoms with van der Waals surface area (Å²) >= 11 is 0. The molecule has 1 saturated heterocycles. The second-order valence-electron chi connectivity index (χ2n) is 6.42. The first-order valence-corrected chi connectivity index (χ1v) is 8.36. The number of carbonyl (C=O) groups is 1. The van der Waals surface area contributed by atoms with Crippen LogP contribution in [0.3, 0.4) is 0 Å². The van der Waals surface area contributed by atoms with Crippen LogP contribution in [0.25, 0.3) is 0 Å². The molecule has 0 bridgehead atoms. The quantitative estimate of drug-likeness (QED) is 0.902. The van der Waals surface area contributed by atoms with Crippen molar-refractivity contribution in [3.63, 3.8) is 0 Å². The normalized spacial score (nSPS) is 19.8. The molecule has 1 aromatic rings. The summed E-state index contributed by atoms with van der Waals surface area (Å²) in [5.74, 6) is 0.773. The summed E-state index contributed by atoms with van der Waals surface area (Å²) in [6.07, 6.45) is 5.51. The van der Waals surface area contributed by atoms with E-state index in [1.54, 1.807) is 0 Å². The fourth-order valence-electron chi connectivity index (χ4n) is 3.05. The van der Waals surface area contributed by atoms with E-state index in [0.29, 0.717) is 17.9 Å². The van der Waals surface area contributed by atoms with Crippen LogP contribution in [0.5, 0.6) is 0 Å². The molecule has 2 aliphatic rings. The molecule has 0 radical (unpaired) electrons. The highest BCUT2D eigenvalue weighted by atomic mass is 16.2. The van der Waals surface area contributed by atoms with Gasteiger partial charge in [-0.25, -0.2) is 0 Å². The maximum absolute atomic E-state index is 12.0. The summed E-state index contributed by atoms with van der Waals surface area (Å²) in [5, 5.41) is 3.64. The Bertz CT molecular complexity index is 470. The third-order valence-corrected chi connectivity index (χ3v) is 4.76. The molecule has 1 aliphatic carbocycles. The van der Waals surface area contributed by atoms with Gasteiger partial charge in [0.25, 0.3) is 0 Å². The molecule has 1 aliphatic heterocycles. The van der Waals surface area contributed by atoms with Gasteiger partial charge in [0.2, 0.25) is 5.91 Å². The van der Waals surface area contributed by atoms with Crippen molar-refractivity contribution in [2.45, 2.75) is 51.6 Å². The molecule has 114 valence electrons. The largest absolute Gasteiger partial charge is 0.342 e. The summed E-state index contributed by atoms with van der Waals surface area (Å²) in [4.78, 5) is 14.1. The van der Waals surface area contributed by atoms with E-state index in [1.807, 2.05) is 0 Å². The third kappa shape index (κ3) is 3.85. The lowest BCUT2D eigenvalue weighted by Gasteiger charge is -2.32. The Morgan fingerprint density at radius 1 is 1.10 bits per heavy atom. The molecule has 1 saturated carbocycles. The molecule has 2 fully saturated rings. The minimum atomic E-state index is 0.367. The lowest BCUT2D eigenvalue weighted by molar-refractivity contribution is -0.133. The minimum Gasteiger partial charge on any atom is -0.342 e. The molecule has 0 aromatic heterocycles. The second-order valence-corrected chi connectivity index (χ2v) is 6.42. The fourth-order valence-corrected chi connectivity index (χ4v) is 3.05. The lowest BCUT2D eigenvalue weighted by atomic mass is 10.0. The Kier molecular flexibility index (Phi) is 4.59. The predicted molar refractivity (Wildman–Crippen MR) is 85.0 cm³/mol. The molecule has 1 heterocycles. The Morgan fingerprint density at radius 3 is 2.29 bits per heavy atom. The summed E-state index contributed by atoms with van der Waals surface area (Å²) in [6.45, 7) is 4.98. The van der Waals surface area contributed by atoms with Crippen LogP contribution in [-0.4, -0.2) is 29.9 Å². The molecule has 0 unspecified atom stereocenters. The highest BCUT2D eigenvalue weighted by Gasteiger charge is 2.34. The SMILES string of the molecule is CCc1ccc(CNC2CCN(C(=O)C3CC3)CC2)cc1. The topological polar surface area (TPSA) is 32.3 Å². The van der Waals surface area contributed by atoms with Crippen LogP contribution in [0, 0.1) is 5.92 Å². The maximum atomic E-state index is 12.0. The average molecular weight is 286 g/mol. The van der Waals surface area contributed by atoms with Crippen LogP contribution < -0.4 is 5.32 Å². The van der Waals surface area contributed by atoms with E-state index in [1.165, 1.54) is 11.1 Å². The average Bonchev–Trinajstić information content (AvgIpc) is 3.38. The summed E-state index contributed by atoms with van der Waals surface area (Å²) in [6, 6.07) is 9.43. The van der Waals surface area contributed by atoms with E-state index in [9.17, 15) is 4.79 Å².